The van der Waals surface area contributed by atoms with Crippen molar-refractivity contribution in [1.29, 1.82) is 0 Å². The predicted molar refractivity (Wildman–Crippen MR) is 74.8 cm³/mol. The van der Waals surface area contributed by atoms with Crippen LogP contribution in [0.15, 0.2) is 12.1 Å². The minimum absolute atomic E-state index is 0.391. The Morgan fingerprint density at radius 2 is 2.00 bits per heavy atom. The van der Waals surface area contributed by atoms with E-state index in [1.165, 1.54) is 11.3 Å². The number of hydrogen-bond donors (Lipinski definition) is 4. The number of hydrogen-bond acceptors (Lipinski definition) is 5. The molecule has 1 aromatic rings. The molecule has 9 heteroatoms. The van der Waals surface area contributed by atoms with Crippen LogP contribution in [0.1, 0.15) is 21.0 Å². The minimum Gasteiger partial charge on any atom is -0.480 e. The molecule has 1 heterocycles. The van der Waals surface area contributed by atoms with Gasteiger partial charge in [0.2, 0.25) is 11.8 Å². The fraction of sp³-hybridized carbons (Fsp3) is 0.333. The number of carboxylic acid groups (broad SMARTS) is 1. The third-order valence-electron chi connectivity index (χ3n) is 2.41. The summed E-state index contributed by atoms with van der Waals surface area (Å²) in [4.78, 5) is 46.2. The second-order valence-electron chi connectivity index (χ2n) is 4.22. The van der Waals surface area contributed by atoms with Crippen molar-refractivity contribution in [1.82, 2.24) is 10.6 Å². The van der Waals surface area contributed by atoms with Gasteiger partial charge in [0.05, 0.1) is 17.8 Å². The first-order valence-electron chi connectivity index (χ1n) is 5.94. The number of carbonyl (C=O) groups excluding carboxylic acids is 3. The van der Waals surface area contributed by atoms with E-state index >= 15 is 0 Å². The molecule has 3 amide bonds. The Balaban J connectivity index is 2.47. The Morgan fingerprint density at radius 3 is 2.48 bits per heavy atom. The molecule has 0 bridgehead atoms. The van der Waals surface area contributed by atoms with Gasteiger partial charge in [-0.3, -0.25) is 14.4 Å². The van der Waals surface area contributed by atoms with E-state index in [1.54, 1.807) is 12.1 Å². The van der Waals surface area contributed by atoms with Gasteiger partial charge in [0.15, 0.2) is 0 Å². The van der Waals surface area contributed by atoms with Crippen LogP contribution in [0.4, 0.5) is 0 Å². The van der Waals surface area contributed by atoms with Crippen molar-refractivity contribution in [3.63, 3.8) is 0 Å². The van der Waals surface area contributed by atoms with E-state index in [1.807, 2.05) is 6.92 Å². The highest BCUT2D eigenvalue weighted by Crippen LogP contribution is 2.14. The summed E-state index contributed by atoms with van der Waals surface area (Å²) in [6, 6.07) is 1.99. The number of amides is 3. The number of aryl methyl sites for hydroxylation is 1. The van der Waals surface area contributed by atoms with E-state index in [9.17, 15) is 19.2 Å². The summed E-state index contributed by atoms with van der Waals surface area (Å²) in [7, 11) is 0. The lowest BCUT2D eigenvalue weighted by Gasteiger charge is -2.12. The van der Waals surface area contributed by atoms with Gasteiger partial charge >= 0.3 is 5.97 Å². The smallest absolute Gasteiger partial charge is 0.326 e. The summed E-state index contributed by atoms with van der Waals surface area (Å²) >= 11 is 1.28. The zero-order valence-corrected chi connectivity index (χ0v) is 12.0. The molecule has 0 radical (unpaired) electrons. The Morgan fingerprint density at radius 1 is 1.33 bits per heavy atom. The maximum Gasteiger partial charge on any atom is 0.326 e. The van der Waals surface area contributed by atoms with E-state index < -0.39 is 42.7 Å². The molecule has 0 aliphatic heterocycles. The Hall–Kier alpha value is -2.42. The minimum atomic E-state index is -1.41. The lowest BCUT2D eigenvalue weighted by Crippen LogP contribution is -2.47. The second kappa shape index (κ2) is 7.39. The van der Waals surface area contributed by atoms with Gasteiger partial charge < -0.3 is 21.5 Å². The molecule has 0 spiro atoms. The molecule has 5 N–H and O–H groups in total. The topological polar surface area (TPSA) is 139 Å². The zero-order valence-electron chi connectivity index (χ0n) is 11.2. The molecular formula is C12H15N3O5S. The average Bonchev–Trinajstić information content (AvgIpc) is 2.81. The van der Waals surface area contributed by atoms with Crippen molar-refractivity contribution >= 4 is 35.0 Å². The van der Waals surface area contributed by atoms with E-state index in [0.717, 1.165) is 4.88 Å². The highest BCUT2D eigenvalue weighted by Gasteiger charge is 2.22. The predicted octanol–water partition coefficient (Wildman–Crippen LogP) is -0.769. The van der Waals surface area contributed by atoms with Crippen molar-refractivity contribution < 1.29 is 24.3 Å². The van der Waals surface area contributed by atoms with Crippen LogP contribution < -0.4 is 16.4 Å². The molecule has 1 atom stereocenters. The summed E-state index contributed by atoms with van der Waals surface area (Å²) in [5.74, 6) is -3.36. The average molecular weight is 313 g/mol. The Bertz CT molecular complexity index is 569. The van der Waals surface area contributed by atoms with Crippen molar-refractivity contribution in [3.8, 4) is 0 Å². The molecule has 0 saturated carbocycles. The number of carboxylic acids is 1. The first-order chi connectivity index (χ1) is 9.79. The molecule has 0 aliphatic carbocycles. The van der Waals surface area contributed by atoms with Crippen LogP contribution in [-0.4, -0.2) is 41.4 Å². The van der Waals surface area contributed by atoms with Crippen LogP contribution in [-0.2, 0) is 14.4 Å². The van der Waals surface area contributed by atoms with E-state index in [0.29, 0.717) is 4.88 Å². The van der Waals surface area contributed by atoms with E-state index in [2.05, 4.69) is 10.6 Å². The molecule has 8 nitrogen and oxygen atoms in total. The number of thiophene rings is 1. The van der Waals surface area contributed by atoms with Gasteiger partial charge in [0.1, 0.15) is 6.04 Å². The van der Waals surface area contributed by atoms with Gasteiger partial charge in [0.25, 0.3) is 5.91 Å². The summed E-state index contributed by atoms with van der Waals surface area (Å²) in [5, 5.41) is 13.3. The Kier molecular flexibility index (Phi) is 5.85. The molecule has 0 unspecified atom stereocenters. The molecule has 1 aromatic heterocycles. The Labute approximate surface area is 124 Å². The fourth-order valence-corrected chi connectivity index (χ4v) is 2.23. The molecule has 0 saturated heterocycles. The second-order valence-corrected chi connectivity index (χ2v) is 5.51. The third-order valence-corrected chi connectivity index (χ3v) is 3.41. The number of carbonyl (C=O) groups is 4. The first kappa shape index (κ1) is 16.6. The number of nitrogens with two attached hydrogens (primary N) is 1. The zero-order chi connectivity index (χ0) is 16.0. The van der Waals surface area contributed by atoms with Crippen LogP contribution in [0.3, 0.4) is 0 Å². The summed E-state index contributed by atoms with van der Waals surface area (Å²) in [6.07, 6.45) is -0.515. The van der Waals surface area contributed by atoms with Crippen molar-refractivity contribution in [2.45, 2.75) is 19.4 Å². The van der Waals surface area contributed by atoms with Gasteiger partial charge in [-0.2, -0.15) is 0 Å². The van der Waals surface area contributed by atoms with Crippen LogP contribution >= 0.6 is 11.3 Å². The maximum absolute atomic E-state index is 11.7. The summed E-state index contributed by atoms with van der Waals surface area (Å²) < 4.78 is 0. The molecule has 0 fully saturated rings. The normalized spacial score (nSPS) is 11.5. The third kappa shape index (κ3) is 5.61. The summed E-state index contributed by atoms with van der Waals surface area (Å²) in [5.41, 5.74) is 4.89. The number of rotatable bonds is 7. The molecular weight excluding hydrogens is 298 g/mol. The van der Waals surface area contributed by atoms with Crippen LogP contribution in [0.2, 0.25) is 0 Å². The van der Waals surface area contributed by atoms with Gasteiger partial charge in [-0.05, 0) is 19.1 Å². The van der Waals surface area contributed by atoms with Crippen LogP contribution in [0.5, 0.6) is 0 Å². The van der Waals surface area contributed by atoms with Crippen LogP contribution in [0.25, 0.3) is 0 Å². The largest absolute Gasteiger partial charge is 0.480 e. The number of aliphatic carboxylic acids is 1. The summed E-state index contributed by atoms with van der Waals surface area (Å²) in [6.45, 7) is 1.45. The van der Waals surface area contributed by atoms with Crippen molar-refractivity contribution in [2.24, 2.45) is 5.73 Å². The lowest BCUT2D eigenvalue weighted by atomic mass is 10.2. The highest BCUT2D eigenvalue weighted by atomic mass is 32.1. The number of primary amides is 1. The van der Waals surface area contributed by atoms with Crippen LogP contribution in [0, 0.1) is 6.92 Å². The van der Waals surface area contributed by atoms with Gasteiger partial charge in [-0.25, -0.2) is 4.79 Å². The first-order valence-corrected chi connectivity index (χ1v) is 6.76. The molecule has 1 rings (SSSR count). The van der Waals surface area contributed by atoms with Gasteiger partial charge in [-0.15, -0.1) is 11.3 Å². The van der Waals surface area contributed by atoms with Gasteiger partial charge in [-0.1, -0.05) is 0 Å². The lowest BCUT2D eigenvalue weighted by molar-refractivity contribution is -0.143. The van der Waals surface area contributed by atoms with E-state index in [4.69, 9.17) is 10.8 Å². The molecule has 114 valence electrons. The van der Waals surface area contributed by atoms with Gasteiger partial charge in [0, 0.05) is 4.88 Å². The monoisotopic (exact) mass is 313 g/mol. The SMILES string of the molecule is Cc1ccc(C(=O)NCC(=O)N[C@@H](CC(N)=O)C(=O)O)s1. The standard InChI is InChI=1S/C12H15N3O5S/c1-6-2-3-8(21-6)11(18)14-5-10(17)15-7(12(19)20)4-9(13)16/h2-3,7H,4-5H2,1H3,(H2,13,16)(H,14,18)(H,15,17)(H,19,20)/t7-/m0/s1. The van der Waals surface area contributed by atoms with Crippen molar-refractivity contribution in [2.75, 3.05) is 6.54 Å². The maximum atomic E-state index is 11.7. The fourth-order valence-electron chi connectivity index (χ4n) is 1.45. The quantitative estimate of drug-likeness (QED) is 0.523. The molecule has 0 aliphatic rings. The highest BCUT2D eigenvalue weighted by molar-refractivity contribution is 7.13. The van der Waals surface area contributed by atoms with E-state index in [-0.39, 0.29) is 0 Å². The molecule has 21 heavy (non-hydrogen) atoms. The molecule has 0 aromatic carbocycles. The number of nitrogens with one attached hydrogen (secondary N) is 2. The van der Waals surface area contributed by atoms with Crippen molar-refractivity contribution in [3.05, 3.63) is 21.9 Å².